The van der Waals surface area contributed by atoms with E-state index in [-0.39, 0.29) is 23.5 Å². The van der Waals surface area contributed by atoms with E-state index < -0.39 is 22.0 Å². The summed E-state index contributed by atoms with van der Waals surface area (Å²) < 4.78 is 30.8. The molecule has 16 heavy (non-hydrogen) atoms. The van der Waals surface area contributed by atoms with Gasteiger partial charge in [0, 0.05) is 17.5 Å². The van der Waals surface area contributed by atoms with Crippen molar-refractivity contribution in [1.29, 1.82) is 5.41 Å². The van der Waals surface area contributed by atoms with Gasteiger partial charge in [-0.25, -0.2) is 0 Å². The van der Waals surface area contributed by atoms with Crippen LogP contribution in [0.25, 0.3) is 0 Å². The van der Waals surface area contributed by atoms with E-state index in [0.29, 0.717) is 5.71 Å². The van der Waals surface area contributed by atoms with Gasteiger partial charge in [0.1, 0.15) is 5.78 Å². The van der Waals surface area contributed by atoms with Gasteiger partial charge < -0.3 is 5.41 Å². The average molecular weight is 245 g/mol. The number of carbonyl (C=O) groups excluding carboxylic acids is 1. The molecule has 6 heteroatoms. The van der Waals surface area contributed by atoms with Gasteiger partial charge in [0.05, 0.1) is 4.91 Å². The first-order valence-corrected chi connectivity index (χ1v) is 6.43. The molecule has 0 saturated carbocycles. The molecule has 5 nitrogen and oxygen atoms in total. The van der Waals surface area contributed by atoms with E-state index in [4.69, 9.17) is 9.96 Å². The van der Waals surface area contributed by atoms with E-state index in [1.165, 1.54) is 13.0 Å². The first-order chi connectivity index (χ1) is 7.23. The Hall–Kier alpha value is -1.01. The van der Waals surface area contributed by atoms with Crippen LogP contribution in [0.3, 0.4) is 0 Å². The molecule has 90 valence electrons. The second kappa shape index (κ2) is 4.47. The highest BCUT2D eigenvalue weighted by Gasteiger charge is 2.30. The molecule has 0 fully saturated rings. The minimum atomic E-state index is -4.19. The van der Waals surface area contributed by atoms with Gasteiger partial charge in [0.15, 0.2) is 0 Å². The summed E-state index contributed by atoms with van der Waals surface area (Å²) in [6.07, 6.45) is 1.74. The van der Waals surface area contributed by atoms with E-state index in [1.54, 1.807) is 6.92 Å². The quantitative estimate of drug-likeness (QED) is 0.735. The average Bonchev–Trinajstić information content (AvgIpc) is 2.15. The van der Waals surface area contributed by atoms with E-state index in [9.17, 15) is 13.2 Å². The zero-order valence-electron chi connectivity index (χ0n) is 9.23. The lowest BCUT2D eigenvalue weighted by atomic mass is 9.82. The third-order valence-electron chi connectivity index (χ3n) is 2.92. The SMILES string of the molecule is CC(=O)C(C)C1C=C(S(=O)(=O)O)CCC1=N. The topological polar surface area (TPSA) is 95.3 Å². The minimum Gasteiger partial charge on any atom is -0.309 e. The number of rotatable bonds is 3. The van der Waals surface area contributed by atoms with E-state index in [2.05, 4.69) is 0 Å². The molecule has 2 N–H and O–H groups in total. The van der Waals surface area contributed by atoms with Crippen LogP contribution in [-0.4, -0.2) is 24.5 Å². The Morgan fingerprint density at radius 2 is 2.12 bits per heavy atom. The molecule has 0 heterocycles. The summed E-state index contributed by atoms with van der Waals surface area (Å²) >= 11 is 0. The lowest BCUT2D eigenvalue weighted by Gasteiger charge is -2.24. The smallest absolute Gasteiger partial charge is 0.290 e. The highest BCUT2D eigenvalue weighted by atomic mass is 32.2. The highest BCUT2D eigenvalue weighted by molar-refractivity contribution is 7.89. The number of allylic oxidation sites excluding steroid dienone is 2. The number of nitrogens with one attached hydrogen (secondary N) is 1. The molecular weight excluding hydrogens is 230 g/mol. The van der Waals surface area contributed by atoms with E-state index in [0.717, 1.165) is 0 Å². The summed E-state index contributed by atoms with van der Waals surface area (Å²) in [5, 5.41) is 7.69. The van der Waals surface area contributed by atoms with Crippen molar-refractivity contribution in [1.82, 2.24) is 0 Å². The molecule has 0 aromatic heterocycles. The lowest BCUT2D eigenvalue weighted by molar-refractivity contribution is -0.120. The third kappa shape index (κ3) is 2.76. The predicted octanol–water partition coefficient (Wildman–Crippen LogP) is 1.41. The van der Waals surface area contributed by atoms with Crippen LogP contribution in [0.5, 0.6) is 0 Å². The molecule has 0 bridgehead atoms. The predicted molar refractivity (Wildman–Crippen MR) is 59.9 cm³/mol. The van der Waals surface area contributed by atoms with Gasteiger partial charge in [-0.15, -0.1) is 0 Å². The summed E-state index contributed by atoms with van der Waals surface area (Å²) in [4.78, 5) is 11.1. The Morgan fingerprint density at radius 3 is 2.56 bits per heavy atom. The standard InChI is InChI=1S/C10H15NO4S/c1-6(7(2)12)9-5-8(16(13,14)15)3-4-10(9)11/h5-6,9,11H,3-4H2,1-2H3,(H,13,14,15). The van der Waals surface area contributed by atoms with Gasteiger partial charge in [-0.1, -0.05) is 13.0 Å². The van der Waals surface area contributed by atoms with Crippen LogP contribution in [0, 0.1) is 17.2 Å². The van der Waals surface area contributed by atoms with Gasteiger partial charge in [-0.2, -0.15) is 8.42 Å². The first kappa shape index (κ1) is 13.1. The Bertz CT molecular complexity index is 449. The van der Waals surface area contributed by atoms with Gasteiger partial charge in [-0.3, -0.25) is 9.35 Å². The number of hydrogen-bond donors (Lipinski definition) is 2. The monoisotopic (exact) mass is 245 g/mol. The van der Waals surface area contributed by atoms with Crippen molar-refractivity contribution < 1.29 is 17.8 Å². The Balaban J connectivity index is 3.08. The van der Waals surface area contributed by atoms with Crippen molar-refractivity contribution in [3.63, 3.8) is 0 Å². The van der Waals surface area contributed by atoms with Crippen molar-refractivity contribution in [2.24, 2.45) is 11.8 Å². The van der Waals surface area contributed by atoms with Crippen LogP contribution in [0.1, 0.15) is 26.7 Å². The molecule has 0 aromatic rings. The third-order valence-corrected chi connectivity index (χ3v) is 3.92. The van der Waals surface area contributed by atoms with Crippen LogP contribution in [0.2, 0.25) is 0 Å². The van der Waals surface area contributed by atoms with Crippen molar-refractivity contribution in [2.75, 3.05) is 0 Å². The number of ketones is 1. The van der Waals surface area contributed by atoms with E-state index in [1.807, 2.05) is 0 Å². The fraction of sp³-hybridized carbons (Fsp3) is 0.600. The van der Waals surface area contributed by atoms with Crippen LogP contribution in [0.4, 0.5) is 0 Å². The first-order valence-electron chi connectivity index (χ1n) is 4.99. The normalized spacial score (nSPS) is 23.8. The Labute approximate surface area is 94.8 Å². The van der Waals surface area contributed by atoms with Gasteiger partial charge >= 0.3 is 0 Å². The van der Waals surface area contributed by atoms with Gasteiger partial charge in [0.2, 0.25) is 0 Å². The molecule has 0 radical (unpaired) electrons. The Morgan fingerprint density at radius 1 is 1.56 bits per heavy atom. The molecular formula is C10H15NO4S. The maximum atomic E-state index is 11.2. The lowest BCUT2D eigenvalue weighted by Crippen LogP contribution is -2.28. The highest BCUT2D eigenvalue weighted by Crippen LogP contribution is 2.28. The fourth-order valence-corrected chi connectivity index (χ4v) is 2.40. The van der Waals surface area contributed by atoms with Crippen LogP contribution < -0.4 is 0 Å². The summed E-state index contributed by atoms with van der Waals surface area (Å²) in [5.74, 6) is -1.03. The maximum absolute atomic E-state index is 11.2. The summed E-state index contributed by atoms with van der Waals surface area (Å²) in [6, 6.07) is 0. The molecule has 0 aromatic carbocycles. The van der Waals surface area contributed by atoms with Crippen molar-refractivity contribution in [3.05, 3.63) is 11.0 Å². The molecule has 1 rings (SSSR count). The Kier molecular flexibility index (Phi) is 3.64. The fourth-order valence-electron chi connectivity index (χ4n) is 1.72. The summed E-state index contributed by atoms with van der Waals surface area (Å²) in [7, 11) is -4.19. The number of Topliss-reactive ketones (excluding diaryl/α,β-unsaturated/α-hetero) is 1. The van der Waals surface area contributed by atoms with Gasteiger partial charge in [-0.05, 0) is 19.8 Å². The van der Waals surface area contributed by atoms with Crippen LogP contribution in [-0.2, 0) is 14.9 Å². The van der Waals surface area contributed by atoms with Crippen molar-refractivity contribution >= 4 is 21.6 Å². The molecule has 0 saturated heterocycles. The molecule has 2 atom stereocenters. The molecule has 0 amide bonds. The van der Waals surface area contributed by atoms with E-state index >= 15 is 0 Å². The summed E-state index contributed by atoms with van der Waals surface area (Å²) in [6.45, 7) is 3.07. The second-order valence-corrected chi connectivity index (χ2v) is 5.53. The summed E-state index contributed by atoms with van der Waals surface area (Å²) in [5.41, 5.74) is 0.343. The molecule has 0 spiro atoms. The largest absolute Gasteiger partial charge is 0.309 e. The zero-order valence-corrected chi connectivity index (χ0v) is 10.0. The van der Waals surface area contributed by atoms with Crippen LogP contribution in [0.15, 0.2) is 11.0 Å². The number of hydrogen-bond acceptors (Lipinski definition) is 4. The van der Waals surface area contributed by atoms with Gasteiger partial charge in [0.25, 0.3) is 10.1 Å². The minimum absolute atomic E-state index is 0.0819. The maximum Gasteiger partial charge on any atom is 0.290 e. The van der Waals surface area contributed by atoms with Crippen molar-refractivity contribution in [2.45, 2.75) is 26.7 Å². The molecule has 1 aliphatic carbocycles. The van der Waals surface area contributed by atoms with Crippen LogP contribution >= 0.6 is 0 Å². The number of carbonyl (C=O) groups is 1. The zero-order chi connectivity index (χ0) is 12.5. The molecule has 2 unspecified atom stereocenters. The van der Waals surface area contributed by atoms with Crippen molar-refractivity contribution in [3.8, 4) is 0 Å². The molecule has 1 aliphatic rings. The molecule has 0 aliphatic heterocycles. The second-order valence-electron chi connectivity index (χ2n) is 4.06.